The van der Waals surface area contributed by atoms with E-state index in [9.17, 15) is 17.6 Å². The minimum Gasteiger partial charge on any atom is -0.467 e. The van der Waals surface area contributed by atoms with Crippen LogP contribution >= 0.6 is 22.9 Å². The van der Waals surface area contributed by atoms with Crippen LogP contribution in [-0.2, 0) is 21.4 Å². The summed E-state index contributed by atoms with van der Waals surface area (Å²) in [5.41, 5.74) is 1.56. The van der Waals surface area contributed by atoms with Crippen molar-refractivity contribution in [2.45, 2.75) is 31.2 Å². The smallest absolute Gasteiger partial charge is 0.243 e. The quantitative estimate of drug-likeness (QED) is 0.313. The summed E-state index contributed by atoms with van der Waals surface area (Å²) >= 11 is 7.65. The van der Waals surface area contributed by atoms with E-state index >= 15 is 0 Å². The van der Waals surface area contributed by atoms with Gasteiger partial charge in [-0.25, -0.2) is 17.8 Å². The maximum atomic E-state index is 13.9. The number of furan rings is 1. The van der Waals surface area contributed by atoms with Crippen molar-refractivity contribution < 1.29 is 22.0 Å². The molecule has 0 aliphatic carbocycles. The first-order valence-electron chi connectivity index (χ1n) is 11.4. The molecule has 1 unspecified atom stereocenters. The van der Waals surface area contributed by atoms with Gasteiger partial charge in [0.05, 0.1) is 33.8 Å². The number of halogens is 2. The monoisotopic (exact) mass is 547 g/mol. The van der Waals surface area contributed by atoms with Gasteiger partial charge in [0.1, 0.15) is 11.6 Å². The number of sulfonamides is 1. The number of piperidine rings is 1. The van der Waals surface area contributed by atoms with Gasteiger partial charge in [0, 0.05) is 18.1 Å². The molecule has 1 amide bonds. The van der Waals surface area contributed by atoms with Gasteiger partial charge in [-0.05, 0) is 73.9 Å². The van der Waals surface area contributed by atoms with E-state index in [-0.39, 0.29) is 23.9 Å². The third-order valence-corrected chi connectivity index (χ3v) is 9.64. The zero-order chi connectivity index (χ0) is 25.4. The van der Waals surface area contributed by atoms with Crippen LogP contribution in [0.1, 0.15) is 24.2 Å². The molecule has 1 aliphatic rings. The Morgan fingerprint density at radius 2 is 2.03 bits per heavy atom. The van der Waals surface area contributed by atoms with Crippen LogP contribution in [0.2, 0.25) is 5.02 Å². The van der Waals surface area contributed by atoms with Crippen LogP contribution in [0.4, 0.5) is 9.52 Å². The Balaban J connectivity index is 1.45. The lowest BCUT2D eigenvalue weighted by molar-refractivity contribution is -0.123. The minimum atomic E-state index is -3.87. The second-order valence-corrected chi connectivity index (χ2v) is 12.0. The van der Waals surface area contributed by atoms with Crippen LogP contribution in [0.25, 0.3) is 10.2 Å². The van der Waals surface area contributed by atoms with E-state index in [4.69, 9.17) is 21.0 Å². The Morgan fingerprint density at radius 1 is 1.25 bits per heavy atom. The first-order chi connectivity index (χ1) is 17.2. The molecule has 1 saturated heterocycles. The predicted molar refractivity (Wildman–Crippen MR) is 137 cm³/mol. The topological polar surface area (TPSA) is 83.7 Å². The molecule has 36 heavy (non-hydrogen) atoms. The summed E-state index contributed by atoms with van der Waals surface area (Å²) in [5.74, 6) is -0.723. The number of aryl methyl sites for hydroxylation is 1. The molecule has 3 heterocycles. The van der Waals surface area contributed by atoms with Crippen molar-refractivity contribution in [3.8, 4) is 0 Å². The molecule has 0 N–H and O–H groups in total. The van der Waals surface area contributed by atoms with Crippen molar-refractivity contribution in [1.29, 1.82) is 0 Å². The maximum absolute atomic E-state index is 13.9. The van der Waals surface area contributed by atoms with Gasteiger partial charge in [0.2, 0.25) is 15.9 Å². The highest BCUT2D eigenvalue weighted by Gasteiger charge is 2.36. The van der Waals surface area contributed by atoms with Crippen LogP contribution in [-0.4, -0.2) is 36.7 Å². The summed E-state index contributed by atoms with van der Waals surface area (Å²) < 4.78 is 47.4. The third kappa shape index (κ3) is 4.78. The lowest BCUT2D eigenvalue weighted by atomic mass is 9.98. The Bertz CT molecular complexity index is 1500. The normalized spacial score (nSPS) is 16.9. The van der Waals surface area contributed by atoms with Crippen molar-refractivity contribution in [3.63, 3.8) is 0 Å². The summed E-state index contributed by atoms with van der Waals surface area (Å²) in [7, 11) is -3.87. The molecular weight excluding hydrogens is 525 g/mol. The zero-order valence-corrected chi connectivity index (χ0v) is 21.7. The van der Waals surface area contributed by atoms with E-state index in [1.807, 2.05) is 13.0 Å². The Labute approximate surface area is 217 Å². The van der Waals surface area contributed by atoms with Gasteiger partial charge in [-0.2, -0.15) is 4.31 Å². The van der Waals surface area contributed by atoms with Crippen LogP contribution in [0, 0.1) is 18.7 Å². The molecule has 0 bridgehead atoms. The molecule has 1 aliphatic heterocycles. The van der Waals surface area contributed by atoms with Gasteiger partial charge < -0.3 is 4.42 Å². The number of nitrogens with zero attached hydrogens (tertiary/aromatic N) is 3. The highest BCUT2D eigenvalue weighted by atomic mass is 35.5. The average Bonchev–Trinajstić information content (AvgIpc) is 3.55. The molecule has 11 heteroatoms. The summed E-state index contributed by atoms with van der Waals surface area (Å²) in [6.45, 7) is 2.37. The number of rotatable bonds is 6. The van der Waals surface area contributed by atoms with Crippen LogP contribution in [0.15, 0.2) is 64.1 Å². The largest absolute Gasteiger partial charge is 0.467 e. The van der Waals surface area contributed by atoms with Crippen molar-refractivity contribution in [3.05, 3.63) is 77.0 Å². The third-order valence-electron chi connectivity index (χ3n) is 6.31. The molecule has 2 aromatic carbocycles. The molecule has 5 rings (SSSR count). The highest BCUT2D eigenvalue weighted by molar-refractivity contribution is 7.89. The molecule has 0 saturated carbocycles. The molecule has 188 valence electrons. The van der Waals surface area contributed by atoms with Crippen LogP contribution < -0.4 is 4.90 Å². The van der Waals surface area contributed by atoms with Gasteiger partial charge in [0.25, 0.3) is 0 Å². The number of anilines is 1. The standard InChI is InChI=1S/C25H23ClFN3O4S2/c1-16-21(26)10-11-22-23(16)28-25(35-22)30(15-19-5-3-13-34-19)24(31)17-4-2-12-29(14-17)36(32,33)20-8-6-18(27)7-9-20/h3,5-11,13,17H,2,4,12,14-15H2,1H3. The number of carbonyl (C=O) groups excluding carboxylic acids is 1. The second-order valence-electron chi connectivity index (χ2n) is 8.68. The molecule has 1 atom stereocenters. The van der Waals surface area contributed by atoms with E-state index in [1.165, 1.54) is 34.0 Å². The number of thiazole rings is 1. The van der Waals surface area contributed by atoms with Crippen LogP contribution in [0.3, 0.4) is 0 Å². The Hall–Kier alpha value is -2.79. The average molecular weight is 548 g/mol. The molecule has 7 nitrogen and oxygen atoms in total. The molecule has 4 aromatic rings. The van der Waals surface area contributed by atoms with Crippen molar-refractivity contribution in [2.24, 2.45) is 5.92 Å². The fraction of sp³-hybridized carbons (Fsp3) is 0.280. The number of amides is 1. The Kier molecular flexibility index (Phi) is 6.86. The first-order valence-corrected chi connectivity index (χ1v) is 14.0. The molecular formula is C25H23ClFN3O4S2. The van der Waals surface area contributed by atoms with E-state index in [0.717, 1.165) is 27.9 Å². The lowest BCUT2D eigenvalue weighted by Crippen LogP contribution is -2.46. The SMILES string of the molecule is Cc1c(Cl)ccc2sc(N(Cc3ccco3)C(=O)C3CCCN(S(=O)(=O)c4ccc(F)cc4)C3)nc12. The van der Waals surface area contributed by atoms with Gasteiger partial charge in [0.15, 0.2) is 5.13 Å². The first kappa shape index (κ1) is 24.9. The summed E-state index contributed by atoms with van der Waals surface area (Å²) in [4.78, 5) is 20.2. The number of benzene rings is 2. The molecule has 0 radical (unpaired) electrons. The number of carbonyl (C=O) groups is 1. The predicted octanol–water partition coefficient (Wildman–Crippen LogP) is 5.62. The number of fused-ring (bicyclic) bond motifs is 1. The zero-order valence-electron chi connectivity index (χ0n) is 19.4. The second kappa shape index (κ2) is 9.93. The molecule has 2 aromatic heterocycles. The van der Waals surface area contributed by atoms with Gasteiger partial charge in [-0.15, -0.1) is 0 Å². The molecule has 0 spiro atoms. The number of aromatic nitrogens is 1. The van der Waals surface area contributed by atoms with Crippen LogP contribution in [0.5, 0.6) is 0 Å². The lowest BCUT2D eigenvalue weighted by Gasteiger charge is -2.33. The van der Waals surface area contributed by atoms with Crippen molar-refractivity contribution in [2.75, 3.05) is 18.0 Å². The fourth-order valence-corrected chi connectivity index (χ4v) is 7.05. The number of hydrogen-bond donors (Lipinski definition) is 0. The van der Waals surface area contributed by atoms with Gasteiger partial charge in [-0.3, -0.25) is 9.69 Å². The van der Waals surface area contributed by atoms with Crippen molar-refractivity contribution in [1.82, 2.24) is 9.29 Å². The van der Waals surface area contributed by atoms with E-state index in [2.05, 4.69) is 0 Å². The summed E-state index contributed by atoms with van der Waals surface area (Å²) in [5, 5.41) is 1.09. The summed E-state index contributed by atoms with van der Waals surface area (Å²) in [6, 6.07) is 11.9. The van der Waals surface area contributed by atoms with E-state index in [1.54, 1.807) is 23.1 Å². The Morgan fingerprint density at radius 3 is 2.75 bits per heavy atom. The fourth-order valence-electron chi connectivity index (χ4n) is 4.34. The highest BCUT2D eigenvalue weighted by Crippen LogP contribution is 2.36. The van der Waals surface area contributed by atoms with Gasteiger partial charge in [-0.1, -0.05) is 22.9 Å². The van der Waals surface area contributed by atoms with E-state index in [0.29, 0.717) is 35.3 Å². The number of hydrogen-bond acceptors (Lipinski definition) is 6. The minimum absolute atomic E-state index is 0.00275. The molecule has 1 fully saturated rings. The van der Waals surface area contributed by atoms with Crippen molar-refractivity contribution >= 4 is 54.2 Å². The van der Waals surface area contributed by atoms with E-state index < -0.39 is 21.8 Å². The summed E-state index contributed by atoms with van der Waals surface area (Å²) in [6.07, 6.45) is 2.61. The maximum Gasteiger partial charge on any atom is 0.243 e. The van der Waals surface area contributed by atoms with Gasteiger partial charge >= 0.3 is 0 Å².